The second-order valence-electron chi connectivity index (χ2n) is 6.72. The first-order valence-electron chi connectivity index (χ1n) is 9.66. The fraction of sp³-hybridized carbons (Fsp3) is 0.174. The van der Waals surface area contributed by atoms with Crippen LogP contribution in [0.1, 0.15) is 11.3 Å². The fourth-order valence-corrected chi connectivity index (χ4v) is 3.13. The number of carbonyl (C=O) groups excluding carboxylic acids is 1. The molecule has 0 bridgehead atoms. The van der Waals surface area contributed by atoms with E-state index >= 15 is 0 Å². The van der Waals surface area contributed by atoms with Crippen LogP contribution in [0.5, 0.6) is 5.75 Å². The number of ether oxygens (including phenoxy) is 2. The number of carbonyl (C=O) groups is 1. The van der Waals surface area contributed by atoms with Crippen LogP contribution in [0.4, 0.5) is 10.5 Å². The van der Waals surface area contributed by atoms with Gasteiger partial charge < -0.3 is 14.0 Å². The van der Waals surface area contributed by atoms with Crippen molar-refractivity contribution in [2.45, 2.75) is 13.5 Å². The second-order valence-corrected chi connectivity index (χ2v) is 6.72. The molecule has 152 valence electrons. The van der Waals surface area contributed by atoms with E-state index in [9.17, 15) is 4.79 Å². The van der Waals surface area contributed by atoms with E-state index in [-0.39, 0.29) is 13.2 Å². The molecule has 0 spiro atoms. The first kappa shape index (κ1) is 19.4. The van der Waals surface area contributed by atoms with Crippen LogP contribution >= 0.6 is 0 Å². The maximum absolute atomic E-state index is 11.8. The summed E-state index contributed by atoms with van der Waals surface area (Å²) in [5.41, 5.74) is 4.55. The standard InChI is InChI=1S/C23H22N4O3/c1-17-20(15-27-16-25-19-9-5-6-10-21(19)27)24-12-11-22(17)29-13-14-30-23(28)26-18-7-3-2-4-8-18/h2-12,16H,13-15H2,1H3,(H,26,28). The van der Waals surface area contributed by atoms with Crippen molar-refractivity contribution < 1.29 is 14.3 Å². The summed E-state index contributed by atoms with van der Waals surface area (Å²) in [6, 6.07) is 19.0. The number of pyridine rings is 1. The van der Waals surface area contributed by atoms with E-state index in [1.807, 2.05) is 61.8 Å². The van der Waals surface area contributed by atoms with E-state index in [1.54, 1.807) is 18.3 Å². The van der Waals surface area contributed by atoms with Crippen molar-refractivity contribution in [1.29, 1.82) is 0 Å². The zero-order valence-electron chi connectivity index (χ0n) is 16.6. The third kappa shape index (κ3) is 4.57. The van der Waals surface area contributed by atoms with Gasteiger partial charge in [0.05, 0.1) is 29.6 Å². The molecule has 0 atom stereocenters. The van der Waals surface area contributed by atoms with E-state index in [4.69, 9.17) is 9.47 Å². The van der Waals surface area contributed by atoms with Crippen molar-refractivity contribution in [3.05, 3.63) is 84.4 Å². The Hall–Kier alpha value is -3.87. The summed E-state index contributed by atoms with van der Waals surface area (Å²) in [5.74, 6) is 0.719. The van der Waals surface area contributed by atoms with Gasteiger partial charge in [-0.25, -0.2) is 9.78 Å². The number of nitrogens with zero attached hydrogens (tertiary/aromatic N) is 3. The Morgan fingerprint density at radius 3 is 2.67 bits per heavy atom. The van der Waals surface area contributed by atoms with Gasteiger partial charge in [0.1, 0.15) is 19.0 Å². The van der Waals surface area contributed by atoms with Gasteiger partial charge in [0.2, 0.25) is 0 Å². The predicted molar refractivity (Wildman–Crippen MR) is 115 cm³/mol. The molecule has 0 saturated carbocycles. The number of hydrogen-bond donors (Lipinski definition) is 1. The number of nitrogens with one attached hydrogen (secondary N) is 1. The minimum absolute atomic E-state index is 0.141. The van der Waals surface area contributed by atoms with E-state index in [0.717, 1.165) is 28.0 Å². The molecule has 7 heteroatoms. The Labute approximate surface area is 174 Å². The lowest BCUT2D eigenvalue weighted by Gasteiger charge is -2.13. The maximum atomic E-state index is 11.8. The topological polar surface area (TPSA) is 78.3 Å². The van der Waals surface area contributed by atoms with Crippen LogP contribution in [0.25, 0.3) is 11.0 Å². The first-order chi connectivity index (χ1) is 14.7. The Bertz CT molecular complexity index is 1140. The van der Waals surface area contributed by atoms with Crippen molar-refractivity contribution in [1.82, 2.24) is 14.5 Å². The number of amides is 1. The van der Waals surface area contributed by atoms with Crippen molar-refractivity contribution in [2.75, 3.05) is 18.5 Å². The van der Waals surface area contributed by atoms with Gasteiger partial charge in [0, 0.05) is 17.4 Å². The summed E-state index contributed by atoms with van der Waals surface area (Å²) < 4.78 is 13.0. The van der Waals surface area contributed by atoms with Crippen molar-refractivity contribution in [2.24, 2.45) is 0 Å². The van der Waals surface area contributed by atoms with Gasteiger partial charge in [-0.1, -0.05) is 30.3 Å². The monoisotopic (exact) mass is 402 g/mol. The number of hydrogen-bond acceptors (Lipinski definition) is 5. The smallest absolute Gasteiger partial charge is 0.411 e. The van der Waals surface area contributed by atoms with Gasteiger partial charge in [-0.2, -0.15) is 0 Å². The molecule has 0 aliphatic heterocycles. The molecule has 7 nitrogen and oxygen atoms in total. The third-order valence-electron chi connectivity index (χ3n) is 4.70. The van der Waals surface area contributed by atoms with Gasteiger partial charge in [-0.15, -0.1) is 0 Å². The van der Waals surface area contributed by atoms with E-state index in [0.29, 0.717) is 12.2 Å². The average molecular weight is 402 g/mol. The molecule has 0 aliphatic carbocycles. The number of para-hydroxylation sites is 3. The number of aromatic nitrogens is 3. The lowest BCUT2D eigenvalue weighted by molar-refractivity contribution is 0.137. The summed E-state index contributed by atoms with van der Waals surface area (Å²) in [6.07, 6.45) is 3.03. The summed E-state index contributed by atoms with van der Waals surface area (Å²) >= 11 is 0. The lowest BCUT2D eigenvalue weighted by atomic mass is 10.2. The van der Waals surface area contributed by atoms with Gasteiger partial charge in [0.15, 0.2) is 0 Å². The largest absolute Gasteiger partial charge is 0.490 e. The molecule has 0 unspecified atom stereocenters. The zero-order chi connectivity index (χ0) is 20.8. The highest BCUT2D eigenvalue weighted by Gasteiger charge is 2.10. The molecule has 4 aromatic rings. The predicted octanol–water partition coefficient (Wildman–Crippen LogP) is 4.42. The van der Waals surface area contributed by atoms with Crippen LogP contribution in [0.3, 0.4) is 0 Å². The molecule has 2 heterocycles. The normalized spacial score (nSPS) is 10.7. The lowest BCUT2D eigenvalue weighted by Crippen LogP contribution is -2.18. The molecule has 1 amide bonds. The molecule has 2 aromatic carbocycles. The molecule has 0 saturated heterocycles. The molecule has 0 radical (unpaired) electrons. The van der Waals surface area contributed by atoms with Crippen LogP contribution in [-0.4, -0.2) is 33.8 Å². The molecule has 2 aromatic heterocycles. The van der Waals surface area contributed by atoms with Gasteiger partial charge in [-0.05, 0) is 37.3 Å². The highest BCUT2D eigenvalue weighted by atomic mass is 16.6. The van der Waals surface area contributed by atoms with Crippen LogP contribution in [0.2, 0.25) is 0 Å². The highest BCUT2D eigenvalue weighted by Crippen LogP contribution is 2.21. The summed E-state index contributed by atoms with van der Waals surface area (Å²) in [4.78, 5) is 20.7. The van der Waals surface area contributed by atoms with Crippen LogP contribution in [-0.2, 0) is 11.3 Å². The SMILES string of the molecule is Cc1c(OCCOC(=O)Nc2ccccc2)ccnc1Cn1cnc2ccccc21. The molecule has 4 rings (SSSR count). The van der Waals surface area contributed by atoms with Gasteiger partial charge in [-0.3, -0.25) is 10.3 Å². The number of imidazole rings is 1. The number of fused-ring (bicyclic) bond motifs is 1. The van der Waals surface area contributed by atoms with Crippen LogP contribution in [0.15, 0.2) is 73.2 Å². The quantitative estimate of drug-likeness (QED) is 0.463. The third-order valence-corrected chi connectivity index (χ3v) is 4.70. The number of benzene rings is 2. The Morgan fingerprint density at radius 2 is 1.80 bits per heavy atom. The molecular weight excluding hydrogens is 380 g/mol. The number of rotatable bonds is 7. The minimum Gasteiger partial charge on any atom is -0.490 e. The molecule has 30 heavy (non-hydrogen) atoms. The van der Waals surface area contributed by atoms with Crippen molar-refractivity contribution in [3.8, 4) is 5.75 Å². The van der Waals surface area contributed by atoms with E-state index < -0.39 is 6.09 Å². The number of anilines is 1. The maximum Gasteiger partial charge on any atom is 0.411 e. The van der Waals surface area contributed by atoms with Gasteiger partial charge in [0.25, 0.3) is 0 Å². The van der Waals surface area contributed by atoms with E-state index in [1.165, 1.54) is 0 Å². The van der Waals surface area contributed by atoms with Crippen molar-refractivity contribution in [3.63, 3.8) is 0 Å². The van der Waals surface area contributed by atoms with Crippen molar-refractivity contribution >= 4 is 22.8 Å². The van der Waals surface area contributed by atoms with Crippen LogP contribution < -0.4 is 10.1 Å². The first-order valence-corrected chi connectivity index (χ1v) is 9.66. The Balaban J connectivity index is 1.32. The second kappa shape index (κ2) is 9.09. The zero-order valence-corrected chi connectivity index (χ0v) is 16.6. The van der Waals surface area contributed by atoms with E-state index in [2.05, 4.69) is 19.9 Å². The summed E-state index contributed by atoms with van der Waals surface area (Å²) in [6.45, 7) is 2.96. The van der Waals surface area contributed by atoms with Crippen LogP contribution in [0, 0.1) is 6.92 Å². The molecule has 0 fully saturated rings. The Kier molecular flexibility index (Phi) is 5.89. The van der Waals surface area contributed by atoms with Gasteiger partial charge >= 0.3 is 6.09 Å². The summed E-state index contributed by atoms with van der Waals surface area (Å²) in [7, 11) is 0. The molecule has 1 N–H and O–H groups in total. The highest BCUT2D eigenvalue weighted by molar-refractivity contribution is 5.84. The Morgan fingerprint density at radius 1 is 1.00 bits per heavy atom. The summed E-state index contributed by atoms with van der Waals surface area (Å²) in [5, 5.41) is 2.67. The fourth-order valence-electron chi connectivity index (χ4n) is 3.13. The minimum atomic E-state index is -0.510. The average Bonchev–Trinajstić information content (AvgIpc) is 3.17. The molecular formula is C23H22N4O3. The molecule has 0 aliphatic rings.